The largest absolute Gasteiger partial charge is 0.379 e. The first kappa shape index (κ1) is 19.3. The van der Waals surface area contributed by atoms with Crippen LogP contribution < -0.4 is 10.6 Å². The maximum absolute atomic E-state index is 5.40. The van der Waals surface area contributed by atoms with E-state index in [1.54, 1.807) is 11.3 Å². The molecule has 1 aliphatic heterocycles. The van der Waals surface area contributed by atoms with Crippen LogP contribution in [0.1, 0.15) is 10.6 Å². The number of benzene rings is 2. The van der Waals surface area contributed by atoms with Crippen molar-refractivity contribution in [2.45, 2.75) is 6.42 Å². The van der Waals surface area contributed by atoms with Gasteiger partial charge in [-0.15, -0.1) is 11.3 Å². The third kappa shape index (κ3) is 5.26. The van der Waals surface area contributed by atoms with Crippen molar-refractivity contribution in [3.8, 4) is 0 Å². The first-order valence-corrected chi connectivity index (χ1v) is 10.8. The Morgan fingerprint density at radius 2 is 1.89 bits per heavy atom. The highest BCUT2D eigenvalue weighted by Crippen LogP contribution is 2.24. The molecule has 4 rings (SSSR count). The van der Waals surface area contributed by atoms with Gasteiger partial charge in [0.15, 0.2) is 5.11 Å². The van der Waals surface area contributed by atoms with Gasteiger partial charge in [0.05, 0.1) is 28.4 Å². The fourth-order valence-electron chi connectivity index (χ4n) is 3.20. The van der Waals surface area contributed by atoms with Crippen LogP contribution in [0.3, 0.4) is 0 Å². The maximum atomic E-state index is 5.40. The summed E-state index contributed by atoms with van der Waals surface area (Å²) in [5, 5.41) is 8.33. The Kier molecular flexibility index (Phi) is 6.49. The minimum atomic E-state index is 0.659. The second kappa shape index (κ2) is 9.43. The molecule has 0 amide bonds. The van der Waals surface area contributed by atoms with Crippen molar-refractivity contribution in [1.29, 1.82) is 0 Å². The molecule has 2 N–H and O–H groups in total. The maximum Gasteiger partial charge on any atom is 0.170 e. The van der Waals surface area contributed by atoms with Crippen LogP contribution in [0.25, 0.3) is 10.2 Å². The number of rotatable bonds is 6. The first-order chi connectivity index (χ1) is 13.8. The lowest BCUT2D eigenvalue weighted by atomic mass is 10.1. The Balaban J connectivity index is 1.25. The van der Waals surface area contributed by atoms with Crippen molar-refractivity contribution < 1.29 is 4.74 Å². The summed E-state index contributed by atoms with van der Waals surface area (Å²) in [6.45, 7) is 5.46. The second-order valence-corrected chi connectivity index (χ2v) is 8.31. The van der Waals surface area contributed by atoms with Gasteiger partial charge in [-0.3, -0.25) is 4.90 Å². The number of nitrogens with zero attached hydrogens (tertiary/aromatic N) is 2. The monoisotopic (exact) mass is 412 g/mol. The van der Waals surface area contributed by atoms with Crippen molar-refractivity contribution in [2.75, 3.05) is 44.7 Å². The van der Waals surface area contributed by atoms with E-state index < -0.39 is 0 Å². The molecule has 1 aromatic heterocycles. The average molecular weight is 413 g/mol. The quantitative estimate of drug-likeness (QED) is 0.605. The molecule has 3 aromatic rings. The van der Waals surface area contributed by atoms with Gasteiger partial charge in [-0.2, -0.15) is 0 Å². The van der Waals surface area contributed by atoms with Crippen LogP contribution in [0.2, 0.25) is 0 Å². The zero-order valence-corrected chi connectivity index (χ0v) is 17.3. The van der Waals surface area contributed by atoms with Crippen LogP contribution in [0, 0.1) is 0 Å². The molecule has 1 fully saturated rings. The Morgan fingerprint density at radius 1 is 1.11 bits per heavy atom. The lowest BCUT2D eigenvalue weighted by Crippen LogP contribution is -2.42. The van der Waals surface area contributed by atoms with Gasteiger partial charge in [-0.1, -0.05) is 24.3 Å². The van der Waals surface area contributed by atoms with Gasteiger partial charge < -0.3 is 15.4 Å². The van der Waals surface area contributed by atoms with Gasteiger partial charge in [0, 0.05) is 38.3 Å². The number of ether oxygens (including phenoxy) is 1. The van der Waals surface area contributed by atoms with E-state index >= 15 is 0 Å². The van der Waals surface area contributed by atoms with Gasteiger partial charge in [0.25, 0.3) is 0 Å². The zero-order chi connectivity index (χ0) is 19.2. The predicted molar refractivity (Wildman–Crippen MR) is 120 cm³/mol. The molecular formula is C21H24N4OS2. The molecule has 2 heterocycles. The molecule has 2 aromatic carbocycles. The van der Waals surface area contributed by atoms with Crippen LogP contribution in [0.5, 0.6) is 0 Å². The van der Waals surface area contributed by atoms with E-state index in [4.69, 9.17) is 21.9 Å². The highest BCUT2D eigenvalue weighted by molar-refractivity contribution is 7.80. The molecule has 28 heavy (non-hydrogen) atoms. The summed E-state index contributed by atoms with van der Waals surface area (Å²) >= 11 is 7.16. The van der Waals surface area contributed by atoms with E-state index in [1.807, 2.05) is 6.07 Å². The standard InChI is InChI=1S/C21H24N4OS2/c27-21(22-9-10-25-11-13-26-14-12-25)23-17-7-5-16(6-8-17)15-20-24-18-3-1-2-4-19(18)28-20/h1-8H,9-15H2,(H2,22,23,27). The van der Waals surface area contributed by atoms with Gasteiger partial charge in [0.2, 0.25) is 0 Å². The fourth-order valence-corrected chi connectivity index (χ4v) is 4.43. The van der Waals surface area contributed by atoms with Crippen LogP contribution in [0.4, 0.5) is 5.69 Å². The average Bonchev–Trinajstić information content (AvgIpc) is 3.12. The minimum Gasteiger partial charge on any atom is -0.379 e. The summed E-state index contributed by atoms with van der Waals surface area (Å²) < 4.78 is 6.61. The van der Waals surface area contributed by atoms with Crippen LogP contribution in [-0.2, 0) is 11.2 Å². The number of aromatic nitrogens is 1. The molecule has 1 saturated heterocycles. The van der Waals surface area contributed by atoms with Gasteiger partial charge in [-0.05, 0) is 42.0 Å². The first-order valence-electron chi connectivity index (χ1n) is 9.54. The molecule has 0 aliphatic carbocycles. The Bertz CT molecular complexity index is 887. The Hall–Kier alpha value is -2.06. The number of hydrogen-bond acceptors (Lipinski definition) is 5. The summed E-state index contributed by atoms with van der Waals surface area (Å²) in [6.07, 6.45) is 0.849. The Morgan fingerprint density at radius 3 is 2.68 bits per heavy atom. The third-order valence-corrected chi connectivity index (χ3v) is 6.01. The van der Waals surface area contributed by atoms with Gasteiger partial charge in [0.1, 0.15) is 0 Å². The number of thiocarbonyl (C=S) groups is 1. The molecule has 0 saturated carbocycles. The summed E-state index contributed by atoms with van der Waals surface area (Å²) in [5.74, 6) is 0. The molecule has 0 spiro atoms. The lowest BCUT2D eigenvalue weighted by molar-refractivity contribution is 0.0389. The van der Waals surface area contributed by atoms with Crippen LogP contribution >= 0.6 is 23.6 Å². The molecule has 0 radical (unpaired) electrons. The normalized spacial score (nSPS) is 14.9. The number of nitrogens with one attached hydrogen (secondary N) is 2. The molecular weight excluding hydrogens is 388 g/mol. The van der Waals surface area contributed by atoms with E-state index in [9.17, 15) is 0 Å². The van der Waals surface area contributed by atoms with Crippen LogP contribution in [-0.4, -0.2) is 54.4 Å². The van der Waals surface area contributed by atoms with Crippen LogP contribution in [0.15, 0.2) is 48.5 Å². The number of fused-ring (bicyclic) bond motifs is 1. The van der Waals surface area contributed by atoms with Crippen molar-refractivity contribution in [3.05, 3.63) is 59.1 Å². The van der Waals surface area contributed by atoms with E-state index in [0.717, 1.165) is 62.0 Å². The zero-order valence-electron chi connectivity index (χ0n) is 15.7. The summed E-state index contributed by atoms with van der Waals surface area (Å²) in [7, 11) is 0. The number of morpholine rings is 1. The molecule has 5 nitrogen and oxygen atoms in total. The summed E-state index contributed by atoms with van der Waals surface area (Å²) in [4.78, 5) is 7.10. The highest BCUT2D eigenvalue weighted by atomic mass is 32.1. The molecule has 0 unspecified atom stereocenters. The SMILES string of the molecule is S=C(NCCN1CCOCC1)Nc1ccc(Cc2nc3ccccc3s2)cc1. The van der Waals surface area contributed by atoms with Crippen molar-refractivity contribution in [1.82, 2.24) is 15.2 Å². The van der Waals surface area contributed by atoms with E-state index in [-0.39, 0.29) is 0 Å². The van der Waals surface area contributed by atoms with E-state index in [2.05, 4.69) is 58.0 Å². The van der Waals surface area contributed by atoms with Gasteiger partial charge in [-0.25, -0.2) is 4.98 Å². The summed E-state index contributed by atoms with van der Waals surface area (Å²) in [5.41, 5.74) is 3.32. The van der Waals surface area contributed by atoms with E-state index in [0.29, 0.717) is 5.11 Å². The molecule has 0 bridgehead atoms. The fraction of sp³-hybridized carbons (Fsp3) is 0.333. The lowest BCUT2D eigenvalue weighted by Gasteiger charge is -2.26. The number of hydrogen-bond donors (Lipinski definition) is 2. The minimum absolute atomic E-state index is 0.659. The van der Waals surface area contributed by atoms with Crippen molar-refractivity contribution >= 4 is 44.6 Å². The highest BCUT2D eigenvalue weighted by Gasteiger charge is 2.09. The number of thiazole rings is 1. The summed E-state index contributed by atoms with van der Waals surface area (Å²) in [6, 6.07) is 16.7. The molecule has 146 valence electrons. The molecule has 1 aliphatic rings. The van der Waals surface area contributed by atoms with E-state index in [1.165, 1.54) is 10.3 Å². The Labute approximate surface area is 174 Å². The van der Waals surface area contributed by atoms with Crippen molar-refractivity contribution in [3.63, 3.8) is 0 Å². The second-order valence-electron chi connectivity index (χ2n) is 6.78. The molecule has 7 heteroatoms. The van der Waals surface area contributed by atoms with Crippen molar-refractivity contribution in [2.24, 2.45) is 0 Å². The topological polar surface area (TPSA) is 49.4 Å². The predicted octanol–water partition coefficient (Wildman–Crippen LogP) is 3.51. The third-order valence-electron chi connectivity index (χ3n) is 4.72. The number of para-hydroxylation sites is 1. The number of anilines is 1. The molecule has 0 atom stereocenters. The smallest absolute Gasteiger partial charge is 0.170 e. The van der Waals surface area contributed by atoms with Gasteiger partial charge >= 0.3 is 0 Å².